The number of aryl methyl sites for hydroxylation is 2. The molecule has 7 heteroatoms. The highest BCUT2D eigenvalue weighted by Gasteiger charge is 2.16. The predicted octanol–water partition coefficient (Wildman–Crippen LogP) is 3.14. The number of pyridine rings is 1. The number of anilines is 1. The molecular weight excluding hydrogens is 322 g/mol. The van der Waals surface area contributed by atoms with Crippen LogP contribution in [0.25, 0.3) is 0 Å². The van der Waals surface area contributed by atoms with Gasteiger partial charge in [-0.2, -0.15) is 0 Å². The highest BCUT2D eigenvalue weighted by molar-refractivity contribution is 5.92. The minimum absolute atomic E-state index is 0.189. The van der Waals surface area contributed by atoms with E-state index >= 15 is 0 Å². The zero-order valence-corrected chi connectivity index (χ0v) is 14.7. The predicted molar refractivity (Wildman–Crippen MR) is 96.0 cm³/mol. The lowest BCUT2D eigenvalue weighted by Gasteiger charge is -2.16. The summed E-state index contributed by atoms with van der Waals surface area (Å²) in [5.74, 6) is -0.185. The Morgan fingerprint density at radius 2 is 1.96 bits per heavy atom. The zero-order chi connectivity index (χ0) is 18.7. The van der Waals surface area contributed by atoms with Crippen LogP contribution in [0.3, 0.4) is 0 Å². The highest BCUT2D eigenvalue weighted by atomic mass is 16.6. The van der Waals surface area contributed by atoms with Gasteiger partial charge in [-0.25, -0.2) is 0 Å². The van der Waals surface area contributed by atoms with Gasteiger partial charge in [0.15, 0.2) is 0 Å². The molecule has 0 radical (unpaired) electrons. The Hall–Kier alpha value is -2.96. The Balaban J connectivity index is 2.29. The molecule has 0 aliphatic carbocycles. The number of nitrogens with one attached hydrogen (secondary N) is 1. The van der Waals surface area contributed by atoms with Crippen molar-refractivity contribution in [2.75, 3.05) is 5.32 Å². The average Bonchev–Trinajstić information content (AvgIpc) is 2.51. The van der Waals surface area contributed by atoms with Crippen molar-refractivity contribution < 1.29 is 9.72 Å². The number of amides is 1. The molecule has 1 aromatic carbocycles. The maximum absolute atomic E-state index is 12.4. The summed E-state index contributed by atoms with van der Waals surface area (Å²) in [4.78, 5) is 34.8. The van der Waals surface area contributed by atoms with E-state index in [9.17, 15) is 19.7 Å². The Morgan fingerprint density at radius 1 is 1.28 bits per heavy atom. The number of nitrogens with zero attached hydrogens (tertiary/aromatic N) is 2. The quantitative estimate of drug-likeness (QED) is 0.666. The van der Waals surface area contributed by atoms with Gasteiger partial charge in [-0.3, -0.25) is 24.3 Å². The van der Waals surface area contributed by atoms with Crippen molar-refractivity contribution in [3.05, 3.63) is 67.6 Å². The van der Waals surface area contributed by atoms with E-state index in [4.69, 9.17) is 0 Å². The summed E-state index contributed by atoms with van der Waals surface area (Å²) in [6.45, 7) is 7.15. The number of rotatable bonds is 5. The third-order valence-electron chi connectivity index (χ3n) is 4.01. The molecule has 7 nitrogen and oxygen atoms in total. The van der Waals surface area contributed by atoms with Gasteiger partial charge in [-0.15, -0.1) is 0 Å². The van der Waals surface area contributed by atoms with Gasteiger partial charge in [0.05, 0.1) is 11.1 Å². The number of carbonyl (C=O) groups is 1. The van der Waals surface area contributed by atoms with Gasteiger partial charge in [0.25, 0.3) is 11.2 Å². The topological polar surface area (TPSA) is 94.2 Å². The molecule has 0 bridgehead atoms. The van der Waals surface area contributed by atoms with Gasteiger partial charge < -0.3 is 5.32 Å². The summed E-state index contributed by atoms with van der Waals surface area (Å²) in [7, 11) is 0. The fourth-order valence-electron chi connectivity index (χ4n) is 2.65. The number of aromatic nitrogens is 1. The monoisotopic (exact) mass is 343 g/mol. The number of nitro groups is 1. The first-order valence-electron chi connectivity index (χ1n) is 7.95. The molecule has 0 saturated heterocycles. The smallest absolute Gasteiger partial charge is 0.288 e. The standard InChI is InChI=1S/C18H21N3O4/c1-11(2)14-7-5-6-12(3)18(14)19-16(22)10-20-9-15(21(24)25)13(4)8-17(20)23/h5-9,11H,10H2,1-4H3,(H,19,22). The lowest BCUT2D eigenvalue weighted by molar-refractivity contribution is -0.385. The molecule has 1 aromatic heterocycles. The van der Waals surface area contributed by atoms with Gasteiger partial charge in [-0.1, -0.05) is 32.0 Å². The van der Waals surface area contributed by atoms with Crippen LogP contribution in [-0.2, 0) is 11.3 Å². The molecule has 132 valence electrons. The highest BCUT2D eigenvalue weighted by Crippen LogP contribution is 2.27. The van der Waals surface area contributed by atoms with E-state index in [2.05, 4.69) is 5.32 Å². The molecule has 0 atom stereocenters. The number of para-hydroxylation sites is 1. The summed E-state index contributed by atoms with van der Waals surface area (Å²) < 4.78 is 1.05. The molecule has 2 rings (SSSR count). The van der Waals surface area contributed by atoms with Gasteiger partial charge >= 0.3 is 0 Å². The first-order valence-corrected chi connectivity index (χ1v) is 7.95. The summed E-state index contributed by atoms with van der Waals surface area (Å²) in [5.41, 5.74) is 2.26. The van der Waals surface area contributed by atoms with Gasteiger partial charge in [0.2, 0.25) is 5.91 Å². The van der Waals surface area contributed by atoms with Crippen LogP contribution in [0.4, 0.5) is 11.4 Å². The van der Waals surface area contributed by atoms with E-state index in [1.54, 1.807) is 0 Å². The molecular formula is C18H21N3O4. The fourth-order valence-corrected chi connectivity index (χ4v) is 2.65. The maximum Gasteiger partial charge on any atom is 0.288 e. The Labute approximate surface area is 145 Å². The summed E-state index contributed by atoms with van der Waals surface area (Å²) >= 11 is 0. The van der Waals surface area contributed by atoms with Gasteiger partial charge in [0, 0.05) is 17.3 Å². The molecule has 0 fully saturated rings. The number of hydrogen-bond donors (Lipinski definition) is 1. The van der Waals surface area contributed by atoms with E-state index < -0.39 is 16.4 Å². The maximum atomic E-state index is 12.4. The number of carbonyl (C=O) groups excluding carboxylic acids is 1. The van der Waals surface area contributed by atoms with Crippen LogP contribution in [0, 0.1) is 24.0 Å². The van der Waals surface area contributed by atoms with Crippen LogP contribution in [-0.4, -0.2) is 15.4 Å². The molecule has 1 N–H and O–H groups in total. The number of benzene rings is 1. The van der Waals surface area contributed by atoms with Crippen molar-refractivity contribution in [2.45, 2.75) is 40.2 Å². The number of hydrogen-bond acceptors (Lipinski definition) is 4. The third-order valence-corrected chi connectivity index (χ3v) is 4.01. The Kier molecular flexibility index (Phi) is 5.36. The van der Waals surface area contributed by atoms with Crippen molar-refractivity contribution in [1.82, 2.24) is 4.57 Å². The van der Waals surface area contributed by atoms with Crippen molar-refractivity contribution in [3.8, 4) is 0 Å². The molecule has 1 heterocycles. The summed E-state index contributed by atoms with van der Waals surface area (Å²) in [6, 6.07) is 6.92. The van der Waals surface area contributed by atoms with Crippen LogP contribution < -0.4 is 10.9 Å². The van der Waals surface area contributed by atoms with Crippen LogP contribution in [0.2, 0.25) is 0 Å². The van der Waals surface area contributed by atoms with Crippen molar-refractivity contribution in [2.24, 2.45) is 0 Å². The molecule has 25 heavy (non-hydrogen) atoms. The molecule has 0 aliphatic heterocycles. The molecule has 0 unspecified atom stereocenters. The van der Waals surface area contributed by atoms with E-state index in [1.807, 2.05) is 39.0 Å². The van der Waals surface area contributed by atoms with Crippen LogP contribution in [0.1, 0.15) is 36.5 Å². The lowest BCUT2D eigenvalue weighted by atomic mass is 9.98. The summed E-state index contributed by atoms with van der Waals surface area (Å²) in [6.07, 6.45) is 1.11. The van der Waals surface area contributed by atoms with E-state index in [0.717, 1.165) is 27.6 Å². The van der Waals surface area contributed by atoms with Crippen molar-refractivity contribution in [1.29, 1.82) is 0 Å². The van der Waals surface area contributed by atoms with Crippen molar-refractivity contribution in [3.63, 3.8) is 0 Å². The fraction of sp³-hybridized carbons (Fsp3) is 0.333. The molecule has 0 saturated carbocycles. The van der Waals surface area contributed by atoms with Crippen molar-refractivity contribution >= 4 is 17.3 Å². The van der Waals surface area contributed by atoms with Gasteiger partial charge in [0.1, 0.15) is 6.54 Å². The lowest BCUT2D eigenvalue weighted by Crippen LogP contribution is -2.28. The minimum atomic E-state index is -0.568. The van der Waals surface area contributed by atoms with Crippen LogP contribution in [0.15, 0.2) is 35.3 Å². The first-order chi connectivity index (χ1) is 11.7. The molecule has 0 aliphatic rings. The molecule has 0 spiro atoms. The molecule has 2 aromatic rings. The van der Waals surface area contributed by atoms with E-state index in [-0.39, 0.29) is 23.7 Å². The molecule has 1 amide bonds. The largest absolute Gasteiger partial charge is 0.324 e. The third kappa shape index (κ3) is 4.12. The summed E-state index contributed by atoms with van der Waals surface area (Å²) in [5, 5.41) is 13.8. The first kappa shape index (κ1) is 18.4. The van der Waals surface area contributed by atoms with Crippen LogP contribution in [0.5, 0.6) is 0 Å². The average molecular weight is 343 g/mol. The Morgan fingerprint density at radius 3 is 2.56 bits per heavy atom. The second-order valence-corrected chi connectivity index (χ2v) is 6.31. The second-order valence-electron chi connectivity index (χ2n) is 6.31. The zero-order valence-electron chi connectivity index (χ0n) is 14.7. The van der Waals surface area contributed by atoms with Gasteiger partial charge in [-0.05, 0) is 30.9 Å². The van der Waals surface area contributed by atoms with E-state index in [1.165, 1.54) is 13.0 Å². The normalized spacial score (nSPS) is 10.8. The second kappa shape index (κ2) is 7.29. The minimum Gasteiger partial charge on any atom is -0.324 e. The Bertz CT molecular complexity index is 884. The SMILES string of the molecule is Cc1cc(=O)n(CC(=O)Nc2c(C)cccc2C(C)C)cc1[N+](=O)[O-]. The van der Waals surface area contributed by atoms with E-state index in [0.29, 0.717) is 0 Å². The van der Waals surface area contributed by atoms with Crippen LogP contribution >= 0.6 is 0 Å².